The maximum absolute atomic E-state index is 11.9. The van der Waals surface area contributed by atoms with E-state index in [9.17, 15) is 9.59 Å². The van der Waals surface area contributed by atoms with Gasteiger partial charge in [-0.1, -0.05) is 71.1 Å². The van der Waals surface area contributed by atoms with Crippen LogP contribution in [-0.4, -0.2) is 23.4 Å². The van der Waals surface area contributed by atoms with Gasteiger partial charge in [0.25, 0.3) is 0 Å². The quantitative estimate of drug-likeness (QED) is 0.349. The van der Waals surface area contributed by atoms with Crippen LogP contribution in [0.5, 0.6) is 0 Å². The van der Waals surface area contributed by atoms with Gasteiger partial charge in [-0.25, -0.2) is 0 Å². The summed E-state index contributed by atoms with van der Waals surface area (Å²) in [6.45, 7) is 3.53. The van der Waals surface area contributed by atoms with Crippen LogP contribution in [0.1, 0.15) is 90.9 Å². The van der Waals surface area contributed by atoms with Crippen LogP contribution in [0.4, 0.5) is 0 Å². The van der Waals surface area contributed by atoms with E-state index in [2.05, 4.69) is 6.92 Å². The van der Waals surface area contributed by atoms with E-state index in [0.717, 1.165) is 19.3 Å². The van der Waals surface area contributed by atoms with Gasteiger partial charge in [-0.15, -0.1) is 0 Å². The van der Waals surface area contributed by atoms with Crippen LogP contribution in [0, 0.1) is 5.41 Å². The van der Waals surface area contributed by atoms with Crippen molar-refractivity contribution in [2.24, 2.45) is 11.1 Å². The number of carboxylic acid groups (broad SMARTS) is 1. The molecule has 0 amide bonds. The summed E-state index contributed by atoms with van der Waals surface area (Å²) in [5.74, 6) is -1.35. The first kappa shape index (κ1) is 21.1. The minimum atomic E-state index is -1.40. The van der Waals surface area contributed by atoms with Crippen LogP contribution in [0.2, 0.25) is 0 Å². The molecule has 22 heavy (non-hydrogen) atoms. The normalized spacial score (nSPS) is 13.8. The van der Waals surface area contributed by atoms with Crippen molar-refractivity contribution in [1.82, 2.24) is 0 Å². The molecule has 0 bridgehead atoms. The lowest BCUT2D eigenvalue weighted by atomic mass is 9.83. The fourth-order valence-electron chi connectivity index (χ4n) is 2.55. The molecule has 0 aromatic heterocycles. The summed E-state index contributed by atoms with van der Waals surface area (Å²) in [6, 6.07) is 0. The van der Waals surface area contributed by atoms with Crippen molar-refractivity contribution in [2.45, 2.75) is 90.9 Å². The maximum atomic E-state index is 11.9. The first-order valence-electron chi connectivity index (χ1n) is 8.95. The average Bonchev–Trinajstić information content (AvgIpc) is 2.51. The van der Waals surface area contributed by atoms with E-state index in [1.165, 1.54) is 58.3 Å². The van der Waals surface area contributed by atoms with Crippen LogP contribution < -0.4 is 5.73 Å². The molecule has 0 radical (unpaired) electrons. The molecule has 0 aromatic rings. The molecule has 4 heteroatoms. The summed E-state index contributed by atoms with van der Waals surface area (Å²) in [5, 5.41) is 9.08. The fourth-order valence-corrected chi connectivity index (χ4v) is 2.55. The Labute approximate surface area is 135 Å². The molecule has 0 fully saturated rings. The molecule has 0 aliphatic rings. The third-order valence-corrected chi connectivity index (χ3v) is 4.50. The Morgan fingerprint density at radius 3 is 1.64 bits per heavy atom. The molecular formula is C18H35NO3. The minimum absolute atomic E-state index is 0.126. The first-order chi connectivity index (χ1) is 10.5. The molecule has 0 saturated carbocycles. The Balaban J connectivity index is 3.54. The van der Waals surface area contributed by atoms with E-state index < -0.39 is 11.4 Å². The highest BCUT2D eigenvalue weighted by Gasteiger charge is 2.38. The van der Waals surface area contributed by atoms with Gasteiger partial charge in [0, 0.05) is 13.0 Å². The average molecular weight is 313 g/mol. The standard InChI is InChI=1S/C18H35NO3/c1-3-4-5-6-7-8-9-10-11-12-13-14-16(20)18(2,15-19)17(21)22/h3-15,19H2,1-2H3,(H,21,22). The SMILES string of the molecule is CCCCCCCCCCCCCC(=O)C(C)(CN)C(=O)O. The van der Waals surface area contributed by atoms with E-state index in [-0.39, 0.29) is 12.3 Å². The van der Waals surface area contributed by atoms with Crippen molar-refractivity contribution in [1.29, 1.82) is 0 Å². The van der Waals surface area contributed by atoms with Crippen LogP contribution in [0.3, 0.4) is 0 Å². The van der Waals surface area contributed by atoms with Crippen molar-refractivity contribution in [2.75, 3.05) is 6.54 Å². The van der Waals surface area contributed by atoms with Crippen LogP contribution in [-0.2, 0) is 9.59 Å². The second kappa shape index (κ2) is 12.6. The number of carbonyl (C=O) groups excluding carboxylic acids is 1. The second-order valence-electron chi connectivity index (χ2n) is 6.55. The molecule has 0 heterocycles. The monoisotopic (exact) mass is 313 g/mol. The molecule has 1 atom stereocenters. The van der Waals surface area contributed by atoms with Gasteiger partial charge >= 0.3 is 5.97 Å². The van der Waals surface area contributed by atoms with Gasteiger partial charge in [-0.2, -0.15) is 0 Å². The molecule has 0 rings (SSSR count). The van der Waals surface area contributed by atoms with Crippen molar-refractivity contribution >= 4 is 11.8 Å². The van der Waals surface area contributed by atoms with E-state index in [0.29, 0.717) is 6.42 Å². The summed E-state index contributed by atoms with van der Waals surface area (Å²) in [4.78, 5) is 23.0. The van der Waals surface area contributed by atoms with Gasteiger partial charge in [0.15, 0.2) is 5.78 Å². The molecule has 0 saturated heterocycles. The zero-order valence-corrected chi connectivity index (χ0v) is 14.5. The molecule has 3 N–H and O–H groups in total. The van der Waals surface area contributed by atoms with E-state index in [4.69, 9.17) is 10.8 Å². The summed E-state index contributed by atoms with van der Waals surface area (Å²) in [6.07, 6.45) is 13.8. The lowest BCUT2D eigenvalue weighted by Crippen LogP contribution is -2.42. The molecule has 0 spiro atoms. The number of Topliss-reactive ketones (excluding diaryl/α,β-unsaturated/α-hetero) is 1. The zero-order valence-electron chi connectivity index (χ0n) is 14.5. The predicted octanol–water partition coefficient (Wildman–Crippen LogP) is 4.31. The predicted molar refractivity (Wildman–Crippen MR) is 90.9 cm³/mol. The number of ketones is 1. The summed E-state index contributed by atoms with van der Waals surface area (Å²) in [5.41, 5.74) is 4.03. The number of carbonyl (C=O) groups is 2. The van der Waals surface area contributed by atoms with E-state index in [1.54, 1.807) is 0 Å². The summed E-state index contributed by atoms with van der Waals surface area (Å²) < 4.78 is 0. The van der Waals surface area contributed by atoms with Gasteiger partial charge in [0.1, 0.15) is 5.41 Å². The van der Waals surface area contributed by atoms with Crippen LogP contribution in [0.15, 0.2) is 0 Å². The first-order valence-corrected chi connectivity index (χ1v) is 8.95. The van der Waals surface area contributed by atoms with Crippen LogP contribution >= 0.6 is 0 Å². The molecule has 0 aliphatic heterocycles. The number of hydrogen-bond donors (Lipinski definition) is 2. The minimum Gasteiger partial charge on any atom is -0.480 e. The number of nitrogens with two attached hydrogens (primary N) is 1. The highest BCUT2D eigenvalue weighted by atomic mass is 16.4. The Morgan fingerprint density at radius 1 is 0.864 bits per heavy atom. The fraction of sp³-hybridized carbons (Fsp3) is 0.889. The van der Waals surface area contributed by atoms with Gasteiger partial charge in [-0.05, 0) is 13.3 Å². The molecule has 130 valence electrons. The Kier molecular flexibility index (Phi) is 12.1. The molecular weight excluding hydrogens is 278 g/mol. The largest absolute Gasteiger partial charge is 0.480 e. The number of unbranched alkanes of at least 4 members (excludes halogenated alkanes) is 10. The third-order valence-electron chi connectivity index (χ3n) is 4.50. The molecule has 0 aromatic carbocycles. The van der Waals surface area contributed by atoms with Crippen LogP contribution in [0.25, 0.3) is 0 Å². The van der Waals surface area contributed by atoms with Crippen molar-refractivity contribution in [3.8, 4) is 0 Å². The van der Waals surface area contributed by atoms with Gasteiger partial charge in [0.05, 0.1) is 0 Å². The summed E-state index contributed by atoms with van der Waals surface area (Å²) in [7, 11) is 0. The maximum Gasteiger partial charge on any atom is 0.318 e. The zero-order chi connectivity index (χ0) is 16.8. The molecule has 4 nitrogen and oxygen atoms in total. The number of aliphatic carboxylic acids is 1. The Bertz CT molecular complexity index is 317. The lowest BCUT2D eigenvalue weighted by molar-refractivity contribution is -0.153. The highest BCUT2D eigenvalue weighted by molar-refractivity contribution is 6.02. The van der Waals surface area contributed by atoms with Gasteiger partial charge < -0.3 is 10.8 Å². The van der Waals surface area contributed by atoms with E-state index >= 15 is 0 Å². The van der Waals surface area contributed by atoms with E-state index in [1.807, 2.05) is 0 Å². The highest BCUT2D eigenvalue weighted by Crippen LogP contribution is 2.20. The third kappa shape index (κ3) is 8.52. The summed E-state index contributed by atoms with van der Waals surface area (Å²) >= 11 is 0. The van der Waals surface area contributed by atoms with Crippen molar-refractivity contribution in [3.63, 3.8) is 0 Å². The smallest absolute Gasteiger partial charge is 0.318 e. The number of carboxylic acids is 1. The van der Waals surface area contributed by atoms with Crippen molar-refractivity contribution < 1.29 is 14.7 Å². The topological polar surface area (TPSA) is 80.4 Å². The molecule has 1 unspecified atom stereocenters. The van der Waals surface area contributed by atoms with Crippen molar-refractivity contribution in [3.05, 3.63) is 0 Å². The Hall–Kier alpha value is -0.900. The Morgan fingerprint density at radius 2 is 1.27 bits per heavy atom. The number of hydrogen-bond acceptors (Lipinski definition) is 3. The van der Waals surface area contributed by atoms with Gasteiger partial charge in [-0.3, -0.25) is 9.59 Å². The second-order valence-corrected chi connectivity index (χ2v) is 6.55. The van der Waals surface area contributed by atoms with Gasteiger partial charge in [0.2, 0.25) is 0 Å². The molecule has 0 aliphatic carbocycles. The number of rotatable bonds is 15. The lowest BCUT2D eigenvalue weighted by Gasteiger charge is -2.20.